The average molecular weight is 266 g/mol. The van der Waals surface area contributed by atoms with E-state index in [2.05, 4.69) is 0 Å². The summed E-state index contributed by atoms with van der Waals surface area (Å²) in [5.41, 5.74) is 1.07. The molecular formula is C14H15FO4. The second-order valence-electron chi connectivity index (χ2n) is 5.09. The molecule has 1 aliphatic rings. The molecule has 102 valence electrons. The number of hydrogen-bond acceptors (Lipinski definition) is 4. The van der Waals surface area contributed by atoms with E-state index in [0.717, 1.165) is 5.56 Å². The third-order valence-corrected chi connectivity index (χ3v) is 2.89. The molecule has 5 heteroatoms. The molecule has 1 saturated heterocycles. The first-order chi connectivity index (χ1) is 8.78. The van der Waals surface area contributed by atoms with Gasteiger partial charge in [0.1, 0.15) is 5.82 Å². The molecule has 2 rings (SSSR count). The van der Waals surface area contributed by atoms with Crippen LogP contribution in [0.15, 0.2) is 18.2 Å². The molecule has 0 aliphatic carbocycles. The molecule has 0 N–H and O–H groups in total. The summed E-state index contributed by atoms with van der Waals surface area (Å²) in [6.45, 7) is 4.72. The molecule has 1 heterocycles. The standard InChI is InChI=1S/C14H15FO4/c1-8-4-5-9(11(15)6-8)7-10-12(16)18-14(2,3)19-13(10)17/h4-6,10H,7H2,1-3H3. The summed E-state index contributed by atoms with van der Waals surface area (Å²) in [6.07, 6.45) is -0.0557. The van der Waals surface area contributed by atoms with Crippen molar-refractivity contribution in [1.82, 2.24) is 0 Å². The number of carbonyl (C=O) groups excluding carboxylic acids is 2. The van der Waals surface area contributed by atoms with E-state index in [-0.39, 0.29) is 6.42 Å². The molecule has 1 fully saturated rings. The van der Waals surface area contributed by atoms with Crippen molar-refractivity contribution >= 4 is 11.9 Å². The third kappa shape index (κ3) is 2.92. The highest BCUT2D eigenvalue weighted by Gasteiger charge is 2.43. The summed E-state index contributed by atoms with van der Waals surface area (Å²) in [4.78, 5) is 23.5. The Morgan fingerprint density at radius 2 is 1.79 bits per heavy atom. The first-order valence-electron chi connectivity index (χ1n) is 5.99. The first-order valence-corrected chi connectivity index (χ1v) is 5.99. The zero-order chi connectivity index (χ0) is 14.2. The molecule has 0 radical (unpaired) electrons. The van der Waals surface area contributed by atoms with Crippen LogP contribution in [0.4, 0.5) is 4.39 Å². The number of carbonyl (C=O) groups is 2. The van der Waals surface area contributed by atoms with Crippen molar-refractivity contribution in [1.29, 1.82) is 0 Å². The number of aryl methyl sites for hydroxylation is 1. The minimum absolute atomic E-state index is 0.0557. The van der Waals surface area contributed by atoms with Gasteiger partial charge >= 0.3 is 11.9 Å². The van der Waals surface area contributed by atoms with Gasteiger partial charge in [-0.1, -0.05) is 12.1 Å². The number of benzene rings is 1. The van der Waals surface area contributed by atoms with Gasteiger partial charge in [-0.15, -0.1) is 0 Å². The molecule has 0 aromatic heterocycles. The molecule has 1 aliphatic heterocycles. The summed E-state index contributed by atoms with van der Waals surface area (Å²) in [7, 11) is 0. The molecule has 1 aromatic rings. The van der Waals surface area contributed by atoms with Crippen molar-refractivity contribution in [3.63, 3.8) is 0 Å². The summed E-state index contributed by atoms with van der Waals surface area (Å²) in [5.74, 6) is -4.16. The number of esters is 2. The van der Waals surface area contributed by atoms with E-state index in [1.807, 2.05) is 0 Å². The van der Waals surface area contributed by atoms with Crippen LogP contribution >= 0.6 is 0 Å². The van der Waals surface area contributed by atoms with E-state index in [4.69, 9.17) is 9.47 Å². The van der Waals surface area contributed by atoms with Gasteiger partial charge in [0.15, 0.2) is 5.92 Å². The lowest BCUT2D eigenvalue weighted by Crippen LogP contribution is -2.47. The van der Waals surface area contributed by atoms with Crippen molar-refractivity contribution in [2.75, 3.05) is 0 Å². The van der Waals surface area contributed by atoms with Crippen LogP contribution in [0, 0.1) is 18.7 Å². The molecule has 0 spiro atoms. The highest BCUT2D eigenvalue weighted by molar-refractivity contribution is 5.96. The monoisotopic (exact) mass is 266 g/mol. The Hall–Kier alpha value is -1.91. The zero-order valence-corrected chi connectivity index (χ0v) is 11.0. The van der Waals surface area contributed by atoms with Crippen LogP contribution in [-0.2, 0) is 25.5 Å². The topological polar surface area (TPSA) is 52.6 Å². The van der Waals surface area contributed by atoms with Crippen LogP contribution in [0.5, 0.6) is 0 Å². The van der Waals surface area contributed by atoms with Crippen molar-refractivity contribution < 1.29 is 23.5 Å². The Labute approximate surface area is 110 Å². The highest BCUT2D eigenvalue weighted by atomic mass is 19.1. The third-order valence-electron chi connectivity index (χ3n) is 2.89. The Bertz CT molecular complexity index is 516. The van der Waals surface area contributed by atoms with Crippen LogP contribution in [-0.4, -0.2) is 17.7 Å². The van der Waals surface area contributed by atoms with Gasteiger partial charge in [-0.2, -0.15) is 0 Å². The molecule has 0 amide bonds. The Morgan fingerprint density at radius 3 is 2.32 bits per heavy atom. The number of ether oxygens (including phenoxy) is 2. The first kappa shape index (κ1) is 13.5. The van der Waals surface area contributed by atoms with Crippen LogP contribution in [0.25, 0.3) is 0 Å². The molecule has 0 unspecified atom stereocenters. The molecule has 1 aromatic carbocycles. The second kappa shape index (κ2) is 4.64. The van der Waals surface area contributed by atoms with Crippen LogP contribution in [0.1, 0.15) is 25.0 Å². The molecular weight excluding hydrogens is 251 g/mol. The number of cyclic esters (lactones) is 2. The quantitative estimate of drug-likeness (QED) is 0.608. The molecule has 19 heavy (non-hydrogen) atoms. The highest BCUT2D eigenvalue weighted by Crippen LogP contribution is 2.26. The van der Waals surface area contributed by atoms with Gasteiger partial charge in [-0.05, 0) is 30.5 Å². The summed E-state index contributed by atoms with van der Waals surface area (Å²) < 4.78 is 23.7. The van der Waals surface area contributed by atoms with E-state index in [1.165, 1.54) is 19.9 Å². The van der Waals surface area contributed by atoms with Gasteiger partial charge in [0, 0.05) is 13.8 Å². The molecule has 0 saturated carbocycles. The number of halogens is 1. The fourth-order valence-corrected chi connectivity index (χ4v) is 1.95. The van der Waals surface area contributed by atoms with Crippen LogP contribution in [0.3, 0.4) is 0 Å². The fourth-order valence-electron chi connectivity index (χ4n) is 1.95. The lowest BCUT2D eigenvalue weighted by Gasteiger charge is -2.32. The van der Waals surface area contributed by atoms with Gasteiger partial charge in [-0.25, -0.2) is 4.39 Å². The van der Waals surface area contributed by atoms with E-state index >= 15 is 0 Å². The number of hydrogen-bond donors (Lipinski definition) is 0. The van der Waals surface area contributed by atoms with Crippen molar-refractivity contribution in [3.8, 4) is 0 Å². The summed E-state index contributed by atoms with van der Waals surface area (Å²) in [6, 6.07) is 4.64. The lowest BCUT2D eigenvalue weighted by atomic mass is 9.97. The normalized spacial score (nSPS) is 18.9. The average Bonchev–Trinajstić information content (AvgIpc) is 2.24. The van der Waals surface area contributed by atoms with Crippen LogP contribution in [0.2, 0.25) is 0 Å². The largest absolute Gasteiger partial charge is 0.422 e. The maximum Gasteiger partial charge on any atom is 0.323 e. The smallest absolute Gasteiger partial charge is 0.323 e. The Kier molecular flexibility index (Phi) is 3.30. The maximum atomic E-state index is 13.7. The molecule has 0 atom stereocenters. The van der Waals surface area contributed by atoms with Gasteiger partial charge in [0.25, 0.3) is 5.79 Å². The van der Waals surface area contributed by atoms with E-state index in [1.54, 1.807) is 19.1 Å². The SMILES string of the molecule is Cc1ccc(CC2C(=O)OC(C)(C)OC2=O)c(F)c1. The molecule has 4 nitrogen and oxygen atoms in total. The van der Waals surface area contributed by atoms with Crippen molar-refractivity contribution in [3.05, 3.63) is 35.1 Å². The predicted molar refractivity (Wildman–Crippen MR) is 64.6 cm³/mol. The Balaban J connectivity index is 2.19. The van der Waals surface area contributed by atoms with E-state index < -0.39 is 29.5 Å². The van der Waals surface area contributed by atoms with E-state index in [0.29, 0.717) is 5.56 Å². The van der Waals surface area contributed by atoms with Crippen LogP contribution < -0.4 is 0 Å². The summed E-state index contributed by atoms with van der Waals surface area (Å²) >= 11 is 0. The van der Waals surface area contributed by atoms with Gasteiger partial charge in [0.05, 0.1) is 0 Å². The lowest BCUT2D eigenvalue weighted by molar-refractivity contribution is -0.239. The zero-order valence-electron chi connectivity index (χ0n) is 11.0. The van der Waals surface area contributed by atoms with Crippen molar-refractivity contribution in [2.45, 2.75) is 33.0 Å². The summed E-state index contributed by atoms with van der Waals surface area (Å²) in [5, 5.41) is 0. The van der Waals surface area contributed by atoms with Gasteiger partial charge in [-0.3, -0.25) is 9.59 Å². The minimum Gasteiger partial charge on any atom is -0.422 e. The second-order valence-corrected chi connectivity index (χ2v) is 5.09. The maximum absolute atomic E-state index is 13.7. The van der Waals surface area contributed by atoms with Crippen molar-refractivity contribution in [2.24, 2.45) is 5.92 Å². The van der Waals surface area contributed by atoms with E-state index in [9.17, 15) is 14.0 Å². The number of rotatable bonds is 2. The van der Waals surface area contributed by atoms with Gasteiger partial charge in [0.2, 0.25) is 0 Å². The molecule has 0 bridgehead atoms. The fraction of sp³-hybridized carbons (Fsp3) is 0.429. The predicted octanol–water partition coefficient (Wildman–Crippen LogP) is 2.13. The minimum atomic E-state index is -1.25. The van der Waals surface area contributed by atoms with Gasteiger partial charge < -0.3 is 9.47 Å². The Morgan fingerprint density at radius 1 is 1.21 bits per heavy atom.